The maximum absolute atomic E-state index is 13.8. The van der Waals surface area contributed by atoms with E-state index in [0.29, 0.717) is 10.0 Å². The van der Waals surface area contributed by atoms with Crippen LogP contribution in [0.15, 0.2) is 36.3 Å². The molecule has 0 aliphatic rings. The summed E-state index contributed by atoms with van der Waals surface area (Å²) in [5.41, 5.74) is 7.46. The van der Waals surface area contributed by atoms with Gasteiger partial charge in [0, 0.05) is 10.0 Å². The first-order chi connectivity index (χ1) is 8.00. The van der Waals surface area contributed by atoms with Gasteiger partial charge in [-0.25, -0.2) is 4.39 Å². The average Bonchev–Trinajstić information content (AvgIpc) is 2.57. The van der Waals surface area contributed by atoms with Gasteiger partial charge >= 0.3 is 0 Å². The second kappa shape index (κ2) is 5.48. The van der Waals surface area contributed by atoms with Crippen LogP contribution >= 0.6 is 59.1 Å². The summed E-state index contributed by atoms with van der Waals surface area (Å²) in [5.74, 6) is -0.305. The fourth-order valence-corrected chi connectivity index (χ4v) is 5.05. The molecule has 0 saturated carbocycles. The third-order valence-electron chi connectivity index (χ3n) is 2.33. The van der Waals surface area contributed by atoms with Crippen LogP contribution in [0, 0.1) is 5.82 Å². The van der Waals surface area contributed by atoms with E-state index in [1.807, 2.05) is 6.07 Å². The molecule has 1 unspecified atom stereocenters. The Labute approximate surface area is 128 Å². The topological polar surface area (TPSA) is 26.0 Å². The minimum Gasteiger partial charge on any atom is -0.320 e. The number of hydrogen-bond donors (Lipinski definition) is 1. The molecule has 90 valence electrons. The highest BCUT2D eigenvalue weighted by Gasteiger charge is 2.20. The van der Waals surface area contributed by atoms with E-state index in [1.165, 1.54) is 17.4 Å². The molecule has 0 saturated heterocycles. The first-order valence-corrected chi connectivity index (χ1v) is 7.84. The molecule has 2 rings (SSSR count). The summed E-state index contributed by atoms with van der Waals surface area (Å²) in [6, 6.07) is 6.25. The molecule has 0 fully saturated rings. The van der Waals surface area contributed by atoms with E-state index in [9.17, 15) is 4.39 Å². The van der Waals surface area contributed by atoms with Crippen molar-refractivity contribution in [3.05, 3.63) is 53.3 Å². The van der Waals surface area contributed by atoms with Gasteiger partial charge in [0.15, 0.2) is 0 Å². The zero-order valence-electron chi connectivity index (χ0n) is 8.38. The Morgan fingerprint density at radius 2 is 1.94 bits per heavy atom. The lowest BCUT2D eigenvalue weighted by Gasteiger charge is -2.14. The van der Waals surface area contributed by atoms with Gasteiger partial charge in [0.25, 0.3) is 0 Å². The summed E-state index contributed by atoms with van der Waals surface area (Å²) in [6.45, 7) is 0. The molecule has 1 nitrogen and oxygen atoms in total. The number of thiophene rings is 1. The van der Waals surface area contributed by atoms with E-state index >= 15 is 0 Å². The van der Waals surface area contributed by atoms with Gasteiger partial charge < -0.3 is 5.73 Å². The van der Waals surface area contributed by atoms with Crippen molar-refractivity contribution in [3.63, 3.8) is 0 Å². The third kappa shape index (κ3) is 2.81. The van der Waals surface area contributed by atoms with Gasteiger partial charge in [-0.1, -0.05) is 22.0 Å². The van der Waals surface area contributed by atoms with Gasteiger partial charge in [0.1, 0.15) is 5.82 Å². The zero-order valence-corrected chi connectivity index (χ0v) is 14.0. The molecule has 1 aromatic carbocycles. The van der Waals surface area contributed by atoms with Crippen LogP contribution in [-0.4, -0.2) is 0 Å². The highest BCUT2D eigenvalue weighted by Crippen LogP contribution is 2.39. The number of halogens is 4. The van der Waals surface area contributed by atoms with E-state index in [0.717, 1.165) is 13.1 Å². The van der Waals surface area contributed by atoms with Crippen LogP contribution in [0.3, 0.4) is 0 Å². The van der Waals surface area contributed by atoms with Gasteiger partial charge in [-0.15, -0.1) is 11.3 Å². The molecular formula is C11H7Br3FNS. The van der Waals surface area contributed by atoms with Crippen LogP contribution in [0.4, 0.5) is 4.39 Å². The van der Waals surface area contributed by atoms with E-state index in [2.05, 4.69) is 47.8 Å². The van der Waals surface area contributed by atoms with Crippen molar-refractivity contribution < 1.29 is 4.39 Å². The van der Waals surface area contributed by atoms with Crippen molar-refractivity contribution in [3.8, 4) is 0 Å². The number of rotatable bonds is 2. The summed E-state index contributed by atoms with van der Waals surface area (Å²) >= 11 is 11.7. The zero-order chi connectivity index (χ0) is 12.6. The molecule has 6 heteroatoms. The highest BCUT2D eigenvalue weighted by molar-refractivity contribution is 9.12. The molecule has 0 radical (unpaired) electrons. The minimum absolute atomic E-state index is 0.305. The molecule has 0 spiro atoms. The first-order valence-electron chi connectivity index (χ1n) is 4.65. The molecule has 1 atom stereocenters. The molecule has 2 aromatic rings. The second-order valence-electron chi connectivity index (χ2n) is 3.39. The molecule has 0 amide bonds. The van der Waals surface area contributed by atoms with Crippen LogP contribution < -0.4 is 5.73 Å². The number of benzene rings is 1. The fraction of sp³-hybridized carbons (Fsp3) is 0.0909. The number of hydrogen-bond acceptors (Lipinski definition) is 2. The molecule has 0 bridgehead atoms. The summed E-state index contributed by atoms with van der Waals surface area (Å²) in [6.07, 6.45) is 0. The third-order valence-corrected chi connectivity index (χ3v) is 5.41. The van der Waals surface area contributed by atoms with Gasteiger partial charge in [0.05, 0.1) is 13.6 Å². The Morgan fingerprint density at radius 3 is 2.47 bits per heavy atom. The Bertz CT molecular complexity index is 535. The SMILES string of the molecule is NC(c1cc(Br)sc1Br)c1c(F)cccc1Br. The van der Waals surface area contributed by atoms with Gasteiger partial charge in [-0.05, 0) is 55.6 Å². The van der Waals surface area contributed by atoms with Gasteiger partial charge in [-0.2, -0.15) is 0 Å². The monoisotopic (exact) mass is 441 g/mol. The molecule has 1 heterocycles. The lowest BCUT2D eigenvalue weighted by molar-refractivity contribution is 0.598. The average molecular weight is 444 g/mol. The first kappa shape index (κ1) is 13.7. The highest BCUT2D eigenvalue weighted by atomic mass is 79.9. The van der Waals surface area contributed by atoms with E-state index < -0.39 is 6.04 Å². The van der Waals surface area contributed by atoms with Gasteiger partial charge in [0.2, 0.25) is 0 Å². The fourth-order valence-electron chi connectivity index (χ4n) is 1.53. The van der Waals surface area contributed by atoms with Crippen LogP contribution in [0.25, 0.3) is 0 Å². The van der Waals surface area contributed by atoms with E-state index in [4.69, 9.17) is 5.73 Å². The minimum atomic E-state index is -0.498. The normalized spacial score (nSPS) is 12.8. The van der Waals surface area contributed by atoms with Crippen molar-refractivity contribution >= 4 is 59.1 Å². The quantitative estimate of drug-likeness (QED) is 0.676. The van der Waals surface area contributed by atoms with Crippen molar-refractivity contribution in [2.24, 2.45) is 5.73 Å². The smallest absolute Gasteiger partial charge is 0.129 e. The molecule has 2 N–H and O–H groups in total. The molecule has 0 aliphatic carbocycles. The predicted octanol–water partition coefficient (Wildman–Crippen LogP) is 5.22. The molecule has 1 aromatic heterocycles. The summed E-state index contributed by atoms with van der Waals surface area (Å²) in [5, 5.41) is 0. The van der Waals surface area contributed by atoms with Crippen LogP contribution in [0.2, 0.25) is 0 Å². The Hall–Kier alpha value is 0.250. The van der Waals surface area contributed by atoms with Gasteiger partial charge in [-0.3, -0.25) is 0 Å². The van der Waals surface area contributed by atoms with Crippen LogP contribution in [0.1, 0.15) is 17.2 Å². The maximum Gasteiger partial charge on any atom is 0.129 e. The van der Waals surface area contributed by atoms with Crippen molar-refractivity contribution in [1.82, 2.24) is 0 Å². The summed E-state index contributed by atoms with van der Waals surface area (Å²) < 4.78 is 16.3. The largest absolute Gasteiger partial charge is 0.320 e. The lowest BCUT2D eigenvalue weighted by Crippen LogP contribution is -2.14. The number of nitrogens with two attached hydrogens (primary N) is 1. The Morgan fingerprint density at radius 1 is 1.24 bits per heavy atom. The molecule has 17 heavy (non-hydrogen) atoms. The second-order valence-corrected chi connectivity index (χ2v) is 8.00. The van der Waals surface area contributed by atoms with E-state index in [-0.39, 0.29) is 5.82 Å². The lowest BCUT2D eigenvalue weighted by atomic mass is 10.0. The maximum atomic E-state index is 13.8. The Kier molecular flexibility index (Phi) is 4.41. The van der Waals surface area contributed by atoms with Crippen molar-refractivity contribution in [2.45, 2.75) is 6.04 Å². The van der Waals surface area contributed by atoms with Crippen LogP contribution in [-0.2, 0) is 0 Å². The Balaban J connectivity index is 2.51. The predicted molar refractivity (Wildman–Crippen MR) is 79.8 cm³/mol. The standard InChI is InChI=1S/C11H7Br3FNS/c12-6-2-1-3-7(15)9(6)10(16)5-4-8(13)17-11(5)14/h1-4,10H,16H2. The molecular weight excluding hydrogens is 437 g/mol. The molecule has 0 aliphatic heterocycles. The van der Waals surface area contributed by atoms with Crippen molar-refractivity contribution in [1.29, 1.82) is 0 Å². The van der Waals surface area contributed by atoms with Crippen LogP contribution in [0.5, 0.6) is 0 Å². The summed E-state index contributed by atoms with van der Waals surface area (Å²) in [7, 11) is 0. The van der Waals surface area contributed by atoms with Crippen molar-refractivity contribution in [2.75, 3.05) is 0 Å². The van der Waals surface area contributed by atoms with E-state index in [1.54, 1.807) is 12.1 Å². The summed E-state index contributed by atoms with van der Waals surface area (Å²) in [4.78, 5) is 0.